The highest BCUT2D eigenvalue weighted by molar-refractivity contribution is 5.86. The third-order valence-corrected chi connectivity index (χ3v) is 7.32. The van der Waals surface area contributed by atoms with Crippen molar-refractivity contribution < 1.29 is 9.47 Å². The molecule has 1 saturated carbocycles. The maximum atomic E-state index is 6.00. The molecule has 0 saturated heterocycles. The number of hydrogen-bond donors (Lipinski definition) is 1. The van der Waals surface area contributed by atoms with Crippen LogP contribution in [0.25, 0.3) is 33.5 Å². The quantitative estimate of drug-likeness (QED) is 0.266. The Morgan fingerprint density at radius 1 is 0.821 bits per heavy atom. The first-order valence-corrected chi connectivity index (χ1v) is 13.7. The summed E-state index contributed by atoms with van der Waals surface area (Å²) in [4.78, 5) is 5.18. The molecular formula is C29H32N8O2. The van der Waals surface area contributed by atoms with Crippen LogP contribution in [0.15, 0.2) is 48.5 Å². The Balaban J connectivity index is 1.53. The molecule has 0 atom stereocenters. The lowest BCUT2D eigenvalue weighted by Gasteiger charge is -2.23. The van der Waals surface area contributed by atoms with Crippen LogP contribution in [0, 0.1) is 0 Å². The fourth-order valence-electron chi connectivity index (χ4n) is 5.60. The van der Waals surface area contributed by atoms with Gasteiger partial charge < -0.3 is 14.0 Å². The number of hydrogen-bond acceptors (Lipinski definition) is 8. The van der Waals surface area contributed by atoms with Crippen molar-refractivity contribution in [1.82, 2.24) is 40.4 Å². The molecule has 200 valence electrons. The molecule has 0 amide bonds. The molecule has 39 heavy (non-hydrogen) atoms. The Bertz CT molecular complexity index is 1560. The smallest absolute Gasteiger partial charge is 0.262 e. The number of H-pyrrole nitrogens is 1. The van der Waals surface area contributed by atoms with E-state index in [2.05, 4.69) is 65.7 Å². The van der Waals surface area contributed by atoms with Gasteiger partial charge in [-0.25, -0.2) is 4.98 Å². The summed E-state index contributed by atoms with van der Waals surface area (Å²) in [5.74, 6) is 2.89. The van der Waals surface area contributed by atoms with E-state index in [9.17, 15) is 0 Å². The van der Waals surface area contributed by atoms with Crippen LogP contribution in [0.2, 0.25) is 0 Å². The second-order valence-electron chi connectivity index (χ2n) is 9.70. The molecule has 6 rings (SSSR count). The van der Waals surface area contributed by atoms with E-state index in [0.717, 1.165) is 46.4 Å². The van der Waals surface area contributed by atoms with Crippen LogP contribution in [0.5, 0.6) is 11.8 Å². The van der Waals surface area contributed by atoms with Gasteiger partial charge in [-0.05, 0) is 48.6 Å². The molecule has 0 radical (unpaired) electrons. The van der Waals surface area contributed by atoms with E-state index in [0.29, 0.717) is 48.8 Å². The number of imidazole rings is 1. The van der Waals surface area contributed by atoms with Gasteiger partial charge in [0.2, 0.25) is 5.82 Å². The molecule has 1 aliphatic carbocycles. The molecule has 0 bridgehead atoms. The number of fused-ring (bicyclic) bond motifs is 1. The van der Waals surface area contributed by atoms with Crippen molar-refractivity contribution in [2.75, 3.05) is 13.2 Å². The minimum absolute atomic E-state index is 0.355. The predicted octanol–water partition coefficient (Wildman–Crippen LogP) is 5.57. The number of aromatic amines is 1. The zero-order chi connectivity index (χ0) is 26.6. The second-order valence-corrected chi connectivity index (χ2v) is 9.70. The normalized spacial score (nSPS) is 14.1. The highest BCUT2D eigenvalue weighted by Gasteiger charge is 2.28. The van der Waals surface area contributed by atoms with Crippen LogP contribution < -0.4 is 9.47 Å². The Hall–Kier alpha value is -4.34. The first-order valence-electron chi connectivity index (χ1n) is 13.7. The van der Waals surface area contributed by atoms with Crippen molar-refractivity contribution in [3.8, 4) is 34.3 Å². The van der Waals surface area contributed by atoms with E-state index >= 15 is 0 Å². The first kappa shape index (κ1) is 25.0. The van der Waals surface area contributed by atoms with E-state index in [-0.39, 0.29) is 0 Å². The zero-order valence-corrected chi connectivity index (χ0v) is 22.3. The van der Waals surface area contributed by atoms with Crippen LogP contribution in [0.1, 0.15) is 63.3 Å². The van der Waals surface area contributed by atoms with Gasteiger partial charge in [-0.15, -0.1) is 20.4 Å². The molecule has 10 nitrogen and oxygen atoms in total. The van der Waals surface area contributed by atoms with Crippen molar-refractivity contribution in [2.24, 2.45) is 0 Å². The SMILES string of the molecule is CCOc1nnc(OCC)c2c1nc(C1CCCCC1)n2Cc1ccccc1-c1ccccc1-c1nn[nH]n1. The third kappa shape index (κ3) is 4.82. The van der Waals surface area contributed by atoms with Gasteiger partial charge in [0.25, 0.3) is 11.8 Å². The first-order chi connectivity index (χ1) is 19.3. The van der Waals surface area contributed by atoms with Crippen LogP contribution in [-0.4, -0.2) is 53.6 Å². The Morgan fingerprint density at radius 3 is 2.26 bits per heavy atom. The van der Waals surface area contributed by atoms with Gasteiger partial charge in [-0.3, -0.25) is 0 Å². The minimum atomic E-state index is 0.355. The second kappa shape index (κ2) is 11.2. The number of ether oxygens (including phenoxy) is 2. The lowest BCUT2D eigenvalue weighted by atomic mass is 9.88. The summed E-state index contributed by atoms with van der Waals surface area (Å²) in [6.45, 7) is 5.46. The molecule has 10 heteroatoms. The molecule has 3 aromatic heterocycles. The monoisotopic (exact) mass is 524 g/mol. The summed E-state index contributed by atoms with van der Waals surface area (Å²) >= 11 is 0. The Kier molecular flexibility index (Phi) is 7.16. The van der Waals surface area contributed by atoms with E-state index in [4.69, 9.17) is 14.5 Å². The third-order valence-electron chi connectivity index (χ3n) is 7.32. The summed E-state index contributed by atoms with van der Waals surface area (Å²) in [7, 11) is 0. The summed E-state index contributed by atoms with van der Waals surface area (Å²) in [5.41, 5.74) is 5.73. The minimum Gasteiger partial charge on any atom is -0.475 e. The summed E-state index contributed by atoms with van der Waals surface area (Å²) < 4.78 is 14.2. The lowest BCUT2D eigenvalue weighted by molar-refractivity contribution is 0.308. The van der Waals surface area contributed by atoms with Gasteiger partial charge in [-0.1, -0.05) is 67.8 Å². The topological polar surface area (TPSA) is 117 Å². The van der Waals surface area contributed by atoms with Crippen molar-refractivity contribution in [3.05, 3.63) is 59.9 Å². The van der Waals surface area contributed by atoms with Gasteiger partial charge >= 0.3 is 0 Å². The molecule has 0 unspecified atom stereocenters. The standard InChI is InChI=1S/C29H32N8O2/c1-3-38-28-24-25(29(34-33-28)39-4-2)37(27(30-24)19-12-6-5-7-13-19)18-20-14-8-9-15-21(20)22-16-10-11-17-23(22)26-31-35-36-32-26/h8-11,14-17,19H,3-7,12-13,18H2,1-2H3,(H,31,32,35,36). The molecule has 1 fully saturated rings. The summed E-state index contributed by atoms with van der Waals surface area (Å²) in [6.07, 6.45) is 5.90. The maximum absolute atomic E-state index is 6.00. The number of aromatic nitrogens is 8. The number of nitrogens with zero attached hydrogens (tertiary/aromatic N) is 7. The maximum Gasteiger partial charge on any atom is 0.262 e. The fraction of sp³-hybridized carbons (Fsp3) is 0.379. The van der Waals surface area contributed by atoms with Crippen LogP contribution >= 0.6 is 0 Å². The predicted molar refractivity (Wildman–Crippen MR) is 148 cm³/mol. The van der Waals surface area contributed by atoms with Gasteiger partial charge in [0.05, 0.1) is 19.8 Å². The molecule has 1 aliphatic rings. The number of benzene rings is 2. The van der Waals surface area contributed by atoms with Crippen LogP contribution in [-0.2, 0) is 6.54 Å². The Labute approximate surface area is 226 Å². The molecule has 3 heterocycles. The number of nitrogens with one attached hydrogen (secondary N) is 1. The van der Waals surface area contributed by atoms with Crippen molar-refractivity contribution in [3.63, 3.8) is 0 Å². The summed E-state index contributed by atoms with van der Waals surface area (Å²) in [6, 6.07) is 16.6. The number of rotatable bonds is 9. The van der Waals surface area contributed by atoms with Crippen molar-refractivity contribution in [1.29, 1.82) is 0 Å². The van der Waals surface area contributed by atoms with Crippen LogP contribution in [0.4, 0.5) is 0 Å². The lowest BCUT2D eigenvalue weighted by Crippen LogP contribution is -2.14. The van der Waals surface area contributed by atoms with Crippen LogP contribution in [0.3, 0.4) is 0 Å². The van der Waals surface area contributed by atoms with E-state index in [1.54, 1.807) is 0 Å². The van der Waals surface area contributed by atoms with Crippen molar-refractivity contribution in [2.45, 2.75) is 58.4 Å². The zero-order valence-electron chi connectivity index (χ0n) is 22.3. The van der Waals surface area contributed by atoms with E-state index < -0.39 is 0 Å². The molecule has 1 N–H and O–H groups in total. The number of tetrazole rings is 1. The van der Waals surface area contributed by atoms with Gasteiger partial charge in [-0.2, -0.15) is 5.21 Å². The average molecular weight is 525 g/mol. The molecule has 5 aromatic rings. The molecule has 2 aromatic carbocycles. The average Bonchev–Trinajstić information content (AvgIpc) is 3.65. The van der Waals surface area contributed by atoms with E-state index in [1.807, 2.05) is 32.0 Å². The Morgan fingerprint density at radius 2 is 1.51 bits per heavy atom. The highest BCUT2D eigenvalue weighted by atomic mass is 16.5. The van der Waals surface area contributed by atoms with Gasteiger partial charge in [0.1, 0.15) is 11.3 Å². The van der Waals surface area contributed by atoms with Gasteiger partial charge in [0, 0.05) is 11.5 Å². The van der Waals surface area contributed by atoms with Crippen molar-refractivity contribution >= 4 is 11.0 Å². The van der Waals surface area contributed by atoms with Gasteiger partial charge in [0.15, 0.2) is 5.52 Å². The largest absolute Gasteiger partial charge is 0.475 e. The molecule has 0 spiro atoms. The molecule has 0 aliphatic heterocycles. The van der Waals surface area contributed by atoms with E-state index in [1.165, 1.54) is 19.3 Å². The fourth-order valence-corrected chi connectivity index (χ4v) is 5.60. The molecular weight excluding hydrogens is 492 g/mol. The highest BCUT2D eigenvalue weighted by Crippen LogP contribution is 2.39. The summed E-state index contributed by atoms with van der Waals surface area (Å²) in [5, 5.41) is 23.6.